The number of imidazole rings is 1. The second-order valence-corrected chi connectivity index (χ2v) is 8.03. The molecule has 1 atom stereocenters. The molecule has 7 nitrogen and oxygen atoms in total. The second kappa shape index (κ2) is 5.68. The van der Waals surface area contributed by atoms with Crippen LogP contribution in [-0.4, -0.2) is 38.0 Å². The van der Waals surface area contributed by atoms with E-state index in [0.29, 0.717) is 41.3 Å². The van der Waals surface area contributed by atoms with Gasteiger partial charge in [0.25, 0.3) is 5.91 Å². The number of aromatic nitrogens is 2. The average Bonchev–Trinajstić information content (AvgIpc) is 3.22. The highest BCUT2D eigenvalue weighted by molar-refractivity contribution is 6.02. The van der Waals surface area contributed by atoms with E-state index in [2.05, 4.69) is 11.1 Å². The lowest BCUT2D eigenvalue weighted by atomic mass is 9.95. The van der Waals surface area contributed by atoms with Gasteiger partial charge >= 0.3 is 5.97 Å². The molecule has 1 saturated heterocycles. The van der Waals surface area contributed by atoms with E-state index in [9.17, 15) is 20.0 Å². The number of carboxylic acid groups (broad SMARTS) is 1. The number of carbonyl (C=O) groups excluding carboxylic acids is 1. The van der Waals surface area contributed by atoms with Crippen molar-refractivity contribution < 1.29 is 14.7 Å². The average molecular weight is 364 g/mol. The van der Waals surface area contributed by atoms with E-state index in [4.69, 9.17) is 0 Å². The lowest BCUT2D eigenvalue weighted by Crippen LogP contribution is -2.30. The molecule has 0 radical (unpaired) electrons. The van der Waals surface area contributed by atoms with Crippen molar-refractivity contribution in [2.24, 2.45) is 0 Å². The predicted octanol–water partition coefficient (Wildman–Crippen LogP) is 3.03. The Morgan fingerprint density at radius 2 is 2.11 bits per heavy atom. The lowest BCUT2D eigenvalue weighted by Gasteiger charge is -2.23. The van der Waals surface area contributed by atoms with Gasteiger partial charge in [0.15, 0.2) is 5.69 Å². The van der Waals surface area contributed by atoms with Crippen LogP contribution in [0, 0.1) is 11.3 Å². The fraction of sp³-hybridized carbons (Fsp3) is 0.400. The molecular weight excluding hydrogens is 344 g/mol. The van der Waals surface area contributed by atoms with E-state index in [-0.39, 0.29) is 17.6 Å². The van der Waals surface area contributed by atoms with Gasteiger partial charge in [0.1, 0.15) is 11.9 Å². The zero-order valence-electron chi connectivity index (χ0n) is 15.5. The first-order valence-electron chi connectivity index (χ1n) is 8.96. The molecule has 1 aromatic heterocycles. The number of hydrogen-bond donors (Lipinski definition) is 1. The van der Waals surface area contributed by atoms with Crippen LogP contribution in [0.1, 0.15) is 77.6 Å². The maximum absolute atomic E-state index is 13.3. The third-order valence-corrected chi connectivity index (χ3v) is 5.23. The molecule has 2 aliphatic rings. The number of benzene rings is 1. The smallest absolute Gasteiger partial charge is 0.356 e. The number of aromatic carboxylic acids is 1. The highest BCUT2D eigenvalue weighted by Gasteiger charge is 2.43. The number of nitrogens with zero attached hydrogens (tertiary/aromatic N) is 4. The number of carbonyl (C=O) groups is 2. The number of fused-ring (bicyclic) bond motifs is 5. The van der Waals surface area contributed by atoms with Gasteiger partial charge in [-0.3, -0.25) is 9.36 Å². The van der Waals surface area contributed by atoms with E-state index in [0.717, 1.165) is 6.42 Å². The Morgan fingerprint density at radius 1 is 1.37 bits per heavy atom. The molecule has 1 amide bonds. The van der Waals surface area contributed by atoms with Crippen molar-refractivity contribution in [1.29, 1.82) is 5.26 Å². The van der Waals surface area contributed by atoms with E-state index in [1.165, 1.54) is 0 Å². The summed E-state index contributed by atoms with van der Waals surface area (Å²) in [6, 6.07) is 6.87. The summed E-state index contributed by atoms with van der Waals surface area (Å²) in [6.07, 6.45) is 1.47. The Morgan fingerprint density at radius 3 is 2.74 bits per heavy atom. The summed E-state index contributed by atoms with van der Waals surface area (Å²) in [7, 11) is 0. The molecule has 1 fully saturated rings. The highest BCUT2D eigenvalue weighted by Crippen LogP contribution is 2.43. The third kappa shape index (κ3) is 2.36. The molecule has 4 rings (SSSR count). The van der Waals surface area contributed by atoms with Crippen LogP contribution in [0.25, 0.3) is 5.69 Å². The van der Waals surface area contributed by atoms with E-state index in [1.54, 1.807) is 23.1 Å². The van der Waals surface area contributed by atoms with Crippen LogP contribution in [0.4, 0.5) is 0 Å². The first-order valence-corrected chi connectivity index (χ1v) is 8.96. The van der Waals surface area contributed by atoms with Crippen molar-refractivity contribution in [1.82, 2.24) is 14.5 Å². The zero-order valence-corrected chi connectivity index (χ0v) is 15.5. The van der Waals surface area contributed by atoms with Gasteiger partial charge in [-0.05, 0) is 25.0 Å². The highest BCUT2D eigenvalue weighted by atomic mass is 16.4. The zero-order chi connectivity index (χ0) is 19.5. The number of amides is 1. The Hall–Kier alpha value is -3.14. The summed E-state index contributed by atoms with van der Waals surface area (Å²) in [6.45, 7) is 6.42. The molecule has 1 N–H and O–H groups in total. The van der Waals surface area contributed by atoms with Crippen molar-refractivity contribution in [2.45, 2.75) is 45.1 Å². The minimum Gasteiger partial charge on any atom is -0.476 e. The molecule has 27 heavy (non-hydrogen) atoms. The number of carboxylic acids is 1. The first-order chi connectivity index (χ1) is 12.8. The van der Waals surface area contributed by atoms with Gasteiger partial charge in [0.05, 0.1) is 28.6 Å². The van der Waals surface area contributed by atoms with Gasteiger partial charge < -0.3 is 10.0 Å². The second-order valence-electron chi connectivity index (χ2n) is 8.03. The molecule has 0 unspecified atom stereocenters. The molecule has 0 saturated carbocycles. The third-order valence-electron chi connectivity index (χ3n) is 5.23. The van der Waals surface area contributed by atoms with Crippen LogP contribution in [-0.2, 0) is 5.41 Å². The van der Waals surface area contributed by atoms with Crippen molar-refractivity contribution in [2.75, 3.05) is 6.54 Å². The van der Waals surface area contributed by atoms with Crippen LogP contribution in [0.3, 0.4) is 0 Å². The summed E-state index contributed by atoms with van der Waals surface area (Å²) >= 11 is 0. The van der Waals surface area contributed by atoms with Crippen molar-refractivity contribution in [3.8, 4) is 11.8 Å². The standard InChI is InChI=1S/C20H20N4O3/c1-20(2,3)19-22-15(18(26)27)16-13-8-5-9-23(13)17(25)14-11(10-21)6-4-7-12(14)24(16)19/h4,6-7,13H,5,8-9H2,1-3H3,(H,26,27)/t13-/m0/s1. The minimum absolute atomic E-state index is 0.0140. The predicted molar refractivity (Wildman–Crippen MR) is 96.9 cm³/mol. The van der Waals surface area contributed by atoms with Gasteiger partial charge in [-0.15, -0.1) is 0 Å². The van der Waals surface area contributed by atoms with Crippen LogP contribution in [0.5, 0.6) is 0 Å². The van der Waals surface area contributed by atoms with Crippen LogP contribution in [0.2, 0.25) is 0 Å². The fourth-order valence-electron chi connectivity index (χ4n) is 4.13. The van der Waals surface area contributed by atoms with Crippen LogP contribution >= 0.6 is 0 Å². The normalized spacial score (nSPS) is 18.4. The lowest BCUT2D eigenvalue weighted by molar-refractivity contribution is 0.0673. The Labute approximate surface area is 156 Å². The van der Waals surface area contributed by atoms with Gasteiger partial charge in [-0.25, -0.2) is 9.78 Å². The fourth-order valence-corrected chi connectivity index (χ4v) is 4.13. The Balaban J connectivity index is 2.18. The molecule has 138 valence electrons. The minimum atomic E-state index is -1.10. The van der Waals surface area contributed by atoms with E-state index < -0.39 is 11.4 Å². The van der Waals surface area contributed by atoms with Gasteiger partial charge in [-0.1, -0.05) is 26.8 Å². The monoisotopic (exact) mass is 364 g/mol. The van der Waals surface area contributed by atoms with Crippen molar-refractivity contribution in [3.05, 3.63) is 46.5 Å². The van der Waals surface area contributed by atoms with Crippen LogP contribution < -0.4 is 0 Å². The van der Waals surface area contributed by atoms with Gasteiger partial charge in [0, 0.05) is 12.0 Å². The molecule has 0 aliphatic carbocycles. The number of hydrogen-bond acceptors (Lipinski definition) is 4. The molecule has 0 spiro atoms. The summed E-state index contributed by atoms with van der Waals surface area (Å²) in [5, 5.41) is 19.4. The molecule has 2 aromatic rings. The molecule has 7 heteroatoms. The number of rotatable bonds is 1. The Bertz CT molecular complexity index is 1020. The topological polar surface area (TPSA) is 99.2 Å². The molecule has 2 aliphatic heterocycles. The number of nitriles is 1. The van der Waals surface area contributed by atoms with Crippen molar-refractivity contribution in [3.63, 3.8) is 0 Å². The SMILES string of the molecule is CC(C)(C)c1nc(C(=O)O)c2n1-c1cccc(C#N)c1C(=O)N1CCC[C@@H]21. The van der Waals surface area contributed by atoms with Gasteiger partial charge in [0.2, 0.25) is 0 Å². The summed E-state index contributed by atoms with van der Waals surface area (Å²) in [4.78, 5) is 31.5. The van der Waals surface area contributed by atoms with Crippen LogP contribution in [0.15, 0.2) is 18.2 Å². The molecule has 3 heterocycles. The maximum Gasteiger partial charge on any atom is 0.356 e. The van der Waals surface area contributed by atoms with E-state index >= 15 is 0 Å². The van der Waals surface area contributed by atoms with Crippen molar-refractivity contribution >= 4 is 11.9 Å². The molecule has 1 aromatic carbocycles. The maximum atomic E-state index is 13.3. The summed E-state index contributed by atoms with van der Waals surface area (Å²) in [5.41, 5.74) is 1.23. The Kier molecular flexibility index (Phi) is 3.63. The largest absolute Gasteiger partial charge is 0.476 e. The molecule has 0 bridgehead atoms. The molecular formula is C20H20N4O3. The summed E-state index contributed by atoms with van der Waals surface area (Å²) < 4.78 is 1.81. The summed E-state index contributed by atoms with van der Waals surface area (Å²) in [5.74, 6) is -0.745. The quantitative estimate of drug-likeness (QED) is 0.838. The van der Waals surface area contributed by atoms with E-state index in [1.807, 2.05) is 25.3 Å². The van der Waals surface area contributed by atoms with Gasteiger partial charge in [-0.2, -0.15) is 5.26 Å². The first kappa shape index (κ1) is 17.3.